The lowest BCUT2D eigenvalue weighted by atomic mass is 10.1. The van der Waals surface area contributed by atoms with Crippen molar-refractivity contribution in [3.8, 4) is 5.75 Å². The van der Waals surface area contributed by atoms with E-state index in [1.165, 1.54) is 17.0 Å². The van der Waals surface area contributed by atoms with Gasteiger partial charge in [0.2, 0.25) is 11.8 Å². The normalized spacial score (nSPS) is 12.1. The summed E-state index contributed by atoms with van der Waals surface area (Å²) >= 11 is 6.76. The van der Waals surface area contributed by atoms with Gasteiger partial charge in [-0.1, -0.05) is 57.8 Å². The van der Waals surface area contributed by atoms with Crippen LogP contribution >= 0.6 is 31.9 Å². The van der Waals surface area contributed by atoms with Crippen molar-refractivity contribution in [3.63, 3.8) is 0 Å². The van der Waals surface area contributed by atoms with Crippen molar-refractivity contribution in [2.75, 3.05) is 24.0 Å². The summed E-state index contributed by atoms with van der Waals surface area (Å²) in [6.07, 6.45) is 0. The van der Waals surface area contributed by atoms with Crippen molar-refractivity contribution in [1.82, 2.24) is 10.2 Å². The monoisotopic (exact) mass is 707 g/mol. The second-order valence-electron chi connectivity index (χ2n) is 9.86. The molecule has 0 spiro atoms. The molecule has 8 nitrogen and oxygen atoms in total. The lowest BCUT2D eigenvalue weighted by molar-refractivity contribution is -0.139. The fourth-order valence-corrected chi connectivity index (χ4v) is 5.90. The standard InChI is InChI=1S/C30H35Br2N3O5S/c1-5-40-27-14-12-26(13-15-27)35(41(38,39)28-16-10-25(32)11-17-28)20-29(36)34(19-23-6-8-24(31)9-7-23)22(4)30(37)33-18-21(2)3/h6-17,21-22H,5,18-20H2,1-4H3,(H,33,37). The number of nitrogens with zero attached hydrogens (tertiary/aromatic N) is 2. The molecule has 11 heteroatoms. The number of hydrogen-bond donors (Lipinski definition) is 1. The molecule has 3 rings (SSSR count). The van der Waals surface area contributed by atoms with Gasteiger partial charge in [0.15, 0.2) is 0 Å². The number of benzene rings is 3. The second kappa shape index (κ2) is 14.8. The number of rotatable bonds is 13. The highest BCUT2D eigenvalue weighted by atomic mass is 79.9. The summed E-state index contributed by atoms with van der Waals surface area (Å²) in [5, 5.41) is 2.89. The van der Waals surface area contributed by atoms with Gasteiger partial charge < -0.3 is 15.0 Å². The highest BCUT2D eigenvalue weighted by Crippen LogP contribution is 2.27. The van der Waals surface area contributed by atoms with Crippen LogP contribution in [-0.4, -0.2) is 50.9 Å². The Bertz CT molecular complexity index is 1410. The third-order valence-electron chi connectivity index (χ3n) is 6.23. The van der Waals surface area contributed by atoms with Crippen molar-refractivity contribution in [1.29, 1.82) is 0 Å². The minimum Gasteiger partial charge on any atom is -0.494 e. The molecule has 220 valence electrons. The third-order valence-corrected chi connectivity index (χ3v) is 9.08. The maximum Gasteiger partial charge on any atom is 0.264 e. The molecule has 0 heterocycles. The number of nitrogens with one attached hydrogen (secondary N) is 1. The lowest BCUT2D eigenvalue weighted by Gasteiger charge is -2.32. The topological polar surface area (TPSA) is 96.0 Å². The van der Waals surface area contributed by atoms with Crippen LogP contribution in [0.5, 0.6) is 5.75 Å². The largest absolute Gasteiger partial charge is 0.494 e. The van der Waals surface area contributed by atoms with Crippen LogP contribution in [0, 0.1) is 5.92 Å². The summed E-state index contributed by atoms with van der Waals surface area (Å²) in [5.74, 6) is -0.0221. The molecule has 0 saturated carbocycles. The molecule has 0 aliphatic rings. The molecule has 0 aliphatic heterocycles. The van der Waals surface area contributed by atoms with Gasteiger partial charge in [0.05, 0.1) is 17.2 Å². The molecule has 3 aromatic rings. The second-order valence-corrected chi connectivity index (χ2v) is 13.5. The van der Waals surface area contributed by atoms with Crippen molar-refractivity contribution in [2.24, 2.45) is 5.92 Å². The van der Waals surface area contributed by atoms with E-state index in [-0.39, 0.29) is 23.3 Å². The van der Waals surface area contributed by atoms with Gasteiger partial charge in [-0.25, -0.2) is 8.42 Å². The molecule has 0 aliphatic carbocycles. The van der Waals surface area contributed by atoms with E-state index in [1.54, 1.807) is 43.3 Å². The first-order chi connectivity index (χ1) is 19.4. The van der Waals surface area contributed by atoms with E-state index >= 15 is 0 Å². The molecule has 0 bridgehead atoms. The number of ether oxygens (including phenoxy) is 1. The van der Waals surface area contributed by atoms with Crippen LogP contribution in [0.4, 0.5) is 5.69 Å². The van der Waals surface area contributed by atoms with Gasteiger partial charge in [-0.3, -0.25) is 13.9 Å². The van der Waals surface area contributed by atoms with E-state index in [4.69, 9.17) is 4.74 Å². The van der Waals surface area contributed by atoms with Gasteiger partial charge in [0, 0.05) is 22.0 Å². The molecule has 1 unspecified atom stereocenters. The van der Waals surface area contributed by atoms with E-state index in [2.05, 4.69) is 37.2 Å². The summed E-state index contributed by atoms with van der Waals surface area (Å²) < 4.78 is 36.0. The zero-order chi connectivity index (χ0) is 30.2. The fraction of sp³-hybridized carbons (Fsp3) is 0.333. The Hall–Kier alpha value is -2.89. The van der Waals surface area contributed by atoms with Crippen LogP contribution in [0.1, 0.15) is 33.3 Å². The predicted molar refractivity (Wildman–Crippen MR) is 168 cm³/mol. The van der Waals surface area contributed by atoms with Gasteiger partial charge in [-0.2, -0.15) is 0 Å². The van der Waals surface area contributed by atoms with Crippen LogP contribution in [0.15, 0.2) is 86.6 Å². The summed E-state index contributed by atoms with van der Waals surface area (Å²) in [7, 11) is -4.15. The molecule has 0 radical (unpaired) electrons. The van der Waals surface area contributed by atoms with Gasteiger partial charge >= 0.3 is 0 Å². The molecule has 0 saturated heterocycles. The van der Waals surface area contributed by atoms with Gasteiger partial charge in [-0.05, 0) is 86.0 Å². The van der Waals surface area contributed by atoms with Crippen molar-refractivity contribution >= 4 is 59.4 Å². The molecular formula is C30H35Br2N3O5S. The minimum absolute atomic E-state index is 0.0320. The number of carbonyl (C=O) groups excluding carboxylic acids is 2. The number of hydrogen-bond acceptors (Lipinski definition) is 5. The van der Waals surface area contributed by atoms with E-state index in [0.717, 1.165) is 18.8 Å². The minimum atomic E-state index is -4.15. The Kier molecular flexibility index (Phi) is 11.8. The third kappa shape index (κ3) is 9.05. The molecule has 0 fully saturated rings. The molecule has 41 heavy (non-hydrogen) atoms. The predicted octanol–water partition coefficient (Wildman–Crippen LogP) is 6.00. The Morgan fingerprint density at radius 2 is 1.44 bits per heavy atom. The van der Waals surface area contributed by atoms with Crippen molar-refractivity contribution in [2.45, 2.75) is 45.2 Å². The fourth-order valence-electron chi connectivity index (χ4n) is 3.96. The summed E-state index contributed by atoms with van der Waals surface area (Å²) in [4.78, 5) is 28.5. The van der Waals surface area contributed by atoms with E-state index in [0.29, 0.717) is 24.6 Å². The van der Waals surface area contributed by atoms with E-state index in [1.807, 2.05) is 45.0 Å². The van der Waals surface area contributed by atoms with Crippen LogP contribution in [0.2, 0.25) is 0 Å². The van der Waals surface area contributed by atoms with Gasteiger partial charge in [-0.15, -0.1) is 0 Å². The average molecular weight is 710 g/mol. The summed E-state index contributed by atoms with van der Waals surface area (Å²) in [6, 6.07) is 19.3. The number of sulfonamides is 1. The first kappa shape index (κ1) is 32.6. The SMILES string of the molecule is CCOc1ccc(N(CC(=O)N(Cc2ccc(Br)cc2)C(C)C(=O)NCC(C)C)S(=O)(=O)c2ccc(Br)cc2)cc1. The Morgan fingerprint density at radius 3 is 1.98 bits per heavy atom. The van der Waals surface area contributed by atoms with Crippen molar-refractivity contribution in [3.05, 3.63) is 87.3 Å². The summed E-state index contributed by atoms with van der Waals surface area (Å²) in [6.45, 7) is 8.00. The highest BCUT2D eigenvalue weighted by Gasteiger charge is 2.32. The van der Waals surface area contributed by atoms with Crippen LogP contribution < -0.4 is 14.4 Å². The lowest BCUT2D eigenvalue weighted by Crippen LogP contribution is -2.51. The summed E-state index contributed by atoms with van der Waals surface area (Å²) in [5.41, 5.74) is 1.10. The Morgan fingerprint density at radius 1 is 0.878 bits per heavy atom. The first-order valence-electron chi connectivity index (χ1n) is 13.2. The zero-order valence-electron chi connectivity index (χ0n) is 23.5. The average Bonchev–Trinajstić information content (AvgIpc) is 2.94. The zero-order valence-corrected chi connectivity index (χ0v) is 27.5. The van der Waals surface area contributed by atoms with Crippen LogP contribution in [0.25, 0.3) is 0 Å². The number of halogens is 2. The van der Waals surface area contributed by atoms with E-state index < -0.39 is 28.5 Å². The Balaban J connectivity index is 2.01. The quantitative estimate of drug-likeness (QED) is 0.235. The Labute approximate surface area is 259 Å². The van der Waals surface area contributed by atoms with Gasteiger partial charge in [0.1, 0.15) is 18.3 Å². The number of amides is 2. The van der Waals surface area contributed by atoms with Crippen LogP contribution in [0.3, 0.4) is 0 Å². The van der Waals surface area contributed by atoms with Gasteiger partial charge in [0.25, 0.3) is 10.0 Å². The smallest absolute Gasteiger partial charge is 0.264 e. The molecule has 1 N–H and O–H groups in total. The maximum atomic E-state index is 14.0. The number of anilines is 1. The van der Waals surface area contributed by atoms with Crippen LogP contribution in [-0.2, 0) is 26.2 Å². The molecule has 2 amide bonds. The molecular weight excluding hydrogens is 674 g/mol. The van der Waals surface area contributed by atoms with E-state index in [9.17, 15) is 18.0 Å². The number of carbonyl (C=O) groups is 2. The first-order valence-corrected chi connectivity index (χ1v) is 16.3. The molecule has 0 aromatic heterocycles. The van der Waals surface area contributed by atoms with Crippen molar-refractivity contribution < 1.29 is 22.7 Å². The molecule has 1 atom stereocenters. The maximum absolute atomic E-state index is 14.0. The molecule has 3 aromatic carbocycles. The highest BCUT2D eigenvalue weighted by molar-refractivity contribution is 9.10.